The first-order chi connectivity index (χ1) is 17.7. The van der Waals surface area contributed by atoms with E-state index in [2.05, 4.69) is 20.3 Å². The largest absolute Gasteiger partial charge is 0.496 e. The molecule has 1 heterocycles. The molecule has 0 atom stereocenters. The minimum absolute atomic E-state index is 0.00771. The highest BCUT2D eigenvalue weighted by Crippen LogP contribution is 2.31. The summed E-state index contributed by atoms with van der Waals surface area (Å²) in [6.07, 6.45) is 1.12. The van der Waals surface area contributed by atoms with E-state index in [1.165, 1.54) is 19.2 Å². The van der Waals surface area contributed by atoms with Crippen LogP contribution in [-0.2, 0) is 17.5 Å². The number of hydrogen-bond donors (Lipinski definition) is 1. The molecule has 3 aromatic rings. The van der Waals surface area contributed by atoms with Gasteiger partial charge < -0.3 is 14.8 Å². The third kappa shape index (κ3) is 7.28. The van der Waals surface area contributed by atoms with Crippen LogP contribution in [0.3, 0.4) is 0 Å². The molecule has 0 radical (unpaired) electrons. The Balaban J connectivity index is 2.08. The summed E-state index contributed by atoms with van der Waals surface area (Å²) in [7, 11) is 3.07. The number of ether oxygens (including phenoxy) is 2. The van der Waals surface area contributed by atoms with E-state index < -0.39 is 12.0 Å². The first-order valence-corrected chi connectivity index (χ1v) is 11.5. The molecule has 10 heteroatoms. The fourth-order valence-corrected chi connectivity index (χ4v) is 3.48. The second-order valence-electron chi connectivity index (χ2n) is 8.12. The van der Waals surface area contributed by atoms with Crippen LogP contribution in [0.5, 0.6) is 5.75 Å². The molecule has 0 bridgehead atoms. The molecular formula is C27H28F4N4O2. The van der Waals surface area contributed by atoms with Crippen molar-refractivity contribution in [3.05, 3.63) is 89.1 Å². The lowest BCUT2D eigenvalue weighted by Crippen LogP contribution is -2.26. The van der Waals surface area contributed by atoms with E-state index in [1.54, 1.807) is 19.2 Å². The van der Waals surface area contributed by atoms with Crippen molar-refractivity contribution in [1.29, 1.82) is 0 Å². The number of aliphatic imine (C=N–C) groups is 1. The number of rotatable bonds is 9. The van der Waals surface area contributed by atoms with Gasteiger partial charge in [0.15, 0.2) is 5.88 Å². The van der Waals surface area contributed by atoms with Gasteiger partial charge in [0.25, 0.3) is 0 Å². The molecule has 0 saturated carbocycles. The number of halogens is 4. The highest BCUT2D eigenvalue weighted by Gasteiger charge is 2.34. The van der Waals surface area contributed by atoms with Crippen molar-refractivity contribution < 1.29 is 27.0 Å². The third-order valence-electron chi connectivity index (χ3n) is 5.47. The number of nitrogens with one attached hydrogen (secondary N) is 1. The first kappa shape index (κ1) is 27.6. The summed E-state index contributed by atoms with van der Waals surface area (Å²) in [5, 5.41) is 3.19. The molecule has 1 N–H and O–H groups in total. The van der Waals surface area contributed by atoms with Crippen LogP contribution in [0.1, 0.15) is 42.3 Å². The van der Waals surface area contributed by atoms with Gasteiger partial charge in [0.05, 0.1) is 20.8 Å². The second-order valence-corrected chi connectivity index (χ2v) is 8.12. The fourth-order valence-electron chi connectivity index (χ4n) is 3.48. The predicted octanol–water partition coefficient (Wildman–Crippen LogP) is 6.44. The Kier molecular flexibility index (Phi) is 9.21. The van der Waals surface area contributed by atoms with Crippen molar-refractivity contribution >= 4 is 5.84 Å². The molecule has 3 rings (SSSR count). The summed E-state index contributed by atoms with van der Waals surface area (Å²) in [6.45, 7) is 3.90. The van der Waals surface area contributed by atoms with Crippen molar-refractivity contribution in [2.45, 2.75) is 39.4 Å². The molecule has 0 spiro atoms. The van der Waals surface area contributed by atoms with Gasteiger partial charge in [0.1, 0.15) is 17.4 Å². The Morgan fingerprint density at radius 3 is 2.30 bits per heavy atom. The molecule has 1 aromatic heterocycles. The van der Waals surface area contributed by atoms with Gasteiger partial charge in [-0.25, -0.2) is 14.4 Å². The number of nitrogens with zero attached hydrogens (tertiary/aromatic N) is 3. The molecule has 0 aliphatic heterocycles. The van der Waals surface area contributed by atoms with Crippen LogP contribution in [0.25, 0.3) is 11.1 Å². The monoisotopic (exact) mass is 516 g/mol. The summed E-state index contributed by atoms with van der Waals surface area (Å²) < 4.78 is 63.1. The van der Waals surface area contributed by atoms with Gasteiger partial charge in [-0.3, -0.25) is 4.99 Å². The van der Waals surface area contributed by atoms with Crippen molar-refractivity contribution in [2.75, 3.05) is 14.2 Å². The number of allylic oxidation sites excluding steroid dienone is 1. The van der Waals surface area contributed by atoms with Gasteiger partial charge in [-0.15, -0.1) is 0 Å². The van der Waals surface area contributed by atoms with Gasteiger partial charge in [-0.1, -0.05) is 25.5 Å². The van der Waals surface area contributed by atoms with Gasteiger partial charge in [0, 0.05) is 29.1 Å². The lowest BCUT2D eigenvalue weighted by molar-refractivity contribution is -0.145. The first-order valence-electron chi connectivity index (χ1n) is 11.5. The summed E-state index contributed by atoms with van der Waals surface area (Å²) in [5.41, 5.74) is 3.37. The highest BCUT2D eigenvalue weighted by atomic mass is 19.4. The van der Waals surface area contributed by atoms with Crippen molar-refractivity contribution in [3.8, 4) is 16.9 Å². The quantitative estimate of drug-likeness (QED) is 0.153. The Bertz CT molecular complexity index is 1260. The zero-order valence-electron chi connectivity index (χ0n) is 21.0. The smallest absolute Gasteiger partial charge is 0.451 e. The van der Waals surface area contributed by atoms with E-state index in [-0.39, 0.29) is 12.4 Å². The van der Waals surface area contributed by atoms with E-state index in [9.17, 15) is 17.6 Å². The third-order valence-corrected chi connectivity index (χ3v) is 5.47. The van der Waals surface area contributed by atoms with Crippen LogP contribution in [0.15, 0.2) is 65.7 Å². The van der Waals surface area contributed by atoms with Gasteiger partial charge >= 0.3 is 6.18 Å². The Morgan fingerprint density at radius 1 is 1.05 bits per heavy atom. The molecule has 37 heavy (non-hydrogen) atoms. The van der Waals surface area contributed by atoms with E-state index in [1.807, 2.05) is 32.1 Å². The Hall–Kier alpha value is -3.95. The van der Waals surface area contributed by atoms with Crippen LogP contribution in [0, 0.1) is 12.7 Å². The molecule has 2 aromatic carbocycles. The molecule has 196 valence electrons. The second kappa shape index (κ2) is 12.3. The number of methoxy groups -OCH3 is 2. The lowest BCUT2D eigenvalue weighted by Gasteiger charge is -2.18. The molecule has 0 aliphatic carbocycles. The maximum Gasteiger partial charge on any atom is 0.451 e. The minimum Gasteiger partial charge on any atom is -0.496 e. The predicted molar refractivity (Wildman–Crippen MR) is 134 cm³/mol. The Labute approximate surface area is 213 Å². The summed E-state index contributed by atoms with van der Waals surface area (Å²) in [6, 6.07) is 9.79. The van der Waals surface area contributed by atoms with E-state index in [0.29, 0.717) is 28.6 Å². The van der Waals surface area contributed by atoms with Crippen LogP contribution >= 0.6 is 0 Å². The maximum atomic E-state index is 13.5. The van der Waals surface area contributed by atoms with E-state index >= 15 is 0 Å². The van der Waals surface area contributed by atoms with Crippen molar-refractivity contribution in [1.82, 2.24) is 15.3 Å². The summed E-state index contributed by atoms with van der Waals surface area (Å²) >= 11 is 0. The van der Waals surface area contributed by atoms with Gasteiger partial charge in [-0.2, -0.15) is 13.2 Å². The van der Waals surface area contributed by atoms with E-state index in [4.69, 9.17) is 9.47 Å². The zero-order chi connectivity index (χ0) is 27.0. The molecule has 0 unspecified atom stereocenters. The zero-order valence-corrected chi connectivity index (χ0v) is 21.0. The lowest BCUT2D eigenvalue weighted by atomic mass is 9.97. The van der Waals surface area contributed by atoms with Crippen molar-refractivity contribution in [2.24, 2.45) is 4.99 Å². The molecular weight excluding hydrogens is 488 g/mol. The minimum atomic E-state index is -4.62. The van der Waals surface area contributed by atoms with Gasteiger partial charge in [0.2, 0.25) is 5.82 Å². The number of aromatic nitrogens is 2. The average Bonchev–Trinajstić information content (AvgIpc) is 2.89. The number of unbranched alkanes of at least 4 members (excludes halogenated alkanes) is 1. The topological polar surface area (TPSA) is 68.6 Å². The van der Waals surface area contributed by atoms with Crippen LogP contribution in [0.4, 0.5) is 17.6 Å². The molecule has 0 fully saturated rings. The van der Waals surface area contributed by atoms with Crippen LogP contribution in [-0.4, -0.2) is 30.0 Å². The SMILES string of the molecule is CCC/C=C(/NC(=NCc1cnc(C(F)(F)F)nc1)c1cc(-c2ccc(F)cc2)cc(OC)c1C)OC. The number of alkyl halides is 3. The molecule has 0 saturated heterocycles. The van der Waals surface area contributed by atoms with Crippen molar-refractivity contribution in [3.63, 3.8) is 0 Å². The normalized spacial score (nSPS) is 12.4. The van der Waals surface area contributed by atoms with Gasteiger partial charge in [-0.05, 0) is 54.8 Å². The number of hydrogen-bond acceptors (Lipinski definition) is 5. The van der Waals surface area contributed by atoms with Crippen LogP contribution < -0.4 is 10.1 Å². The fraction of sp³-hybridized carbons (Fsp3) is 0.296. The van der Waals surface area contributed by atoms with E-state index in [0.717, 1.165) is 41.9 Å². The Morgan fingerprint density at radius 2 is 1.73 bits per heavy atom. The van der Waals surface area contributed by atoms with Crippen LogP contribution in [0.2, 0.25) is 0 Å². The average molecular weight is 517 g/mol. The maximum absolute atomic E-state index is 13.5. The number of amidine groups is 1. The standard InChI is InChI=1S/C27H28F4N4O2/c1-5-6-7-24(37-4)35-25(32-14-18-15-33-26(34-16-18)27(29,30)31)22-12-20(13-23(36-3)17(22)2)19-8-10-21(28)11-9-19/h7-13,15-16H,5-6,14H2,1-4H3,(H,32,35)/b24-7-. The summed E-state index contributed by atoms with van der Waals surface area (Å²) in [5.74, 6) is -0.105. The summed E-state index contributed by atoms with van der Waals surface area (Å²) in [4.78, 5) is 11.5. The molecule has 0 amide bonds. The molecule has 6 nitrogen and oxygen atoms in total. The number of benzene rings is 2. The molecule has 0 aliphatic rings. The highest BCUT2D eigenvalue weighted by molar-refractivity contribution is 6.02.